The van der Waals surface area contributed by atoms with Crippen LogP contribution in [-0.2, 0) is 6.54 Å². The highest BCUT2D eigenvalue weighted by Crippen LogP contribution is 2.15. The molecule has 0 aromatic carbocycles. The fourth-order valence-electron chi connectivity index (χ4n) is 2.39. The molecule has 2 rings (SSSR count). The van der Waals surface area contributed by atoms with Crippen molar-refractivity contribution in [3.05, 3.63) is 22.4 Å². The lowest BCUT2D eigenvalue weighted by atomic mass is 10.2. The van der Waals surface area contributed by atoms with E-state index in [9.17, 15) is 0 Å². The van der Waals surface area contributed by atoms with E-state index in [0.29, 0.717) is 18.5 Å². The van der Waals surface area contributed by atoms with Crippen molar-refractivity contribution in [1.29, 1.82) is 0 Å². The Morgan fingerprint density at radius 3 is 3.16 bits per heavy atom. The van der Waals surface area contributed by atoms with Crippen LogP contribution in [0.15, 0.2) is 22.5 Å². The van der Waals surface area contributed by atoms with Gasteiger partial charge in [-0.3, -0.25) is 4.90 Å². The number of nitrogens with zero attached hydrogens (tertiary/aromatic N) is 2. The summed E-state index contributed by atoms with van der Waals surface area (Å²) in [4.78, 5) is 8.10. The van der Waals surface area contributed by atoms with Crippen LogP contribution in [0.5, 0.6) is 0 Å². The number of thiophene rings is 1. The van der Waals surface area contributed by atoms with Gasteiger partial charge in [-0.05, 0) is 37.4 Å². The highest BCUT2D eigenvalue weighted by atomic mass is 127. The number of nitrogens with one attached hydrogen (secondary N) is 1. The molecule has 6 heteroatoms. The third kappa shape index (κ3) is 5.27. The second-order valence-corrected chi connectivity index (χ2v) is 5.62. The molecule has 1 aliphatic rings. The first-order valence-corrected chi connectivity index (χ1v) is 7.47. The van der Waals surface area contributed by atoms with Crippen LogP contribution < -0.4 is 11.1 Å². The number of halogens is 1. The van der Waals surface area contributed by atoms with Gasteiger partial charge in [0.25, 0.3) is 0 Å². The average molecular weight is 394 g/mol. The number of hydrogen-bond donors (Lipinski definition) is 2. The van der Waals surface area contributed by atoms with Crippen molar-refractivity contribution in [3.63, 3.8) is 0 Å². The summed E-state index contributed by atoms with van der Waals surface area (Å²) in [6.45, 7) is 6.15. The number of aliphatic imine (C=N–C) groups is 1. The Kier molecular flexibility index (Phi) is 7.70. The van der Waals surface area contributed by atoms with Crippen LogP contribution in [0.1, 0.15) is 24.6 Å². The predicted molar refractivity (Wildman–Crippen MR) is 93.3 cm³/mol. The second-order valence-electron chi connectivity index (χ2n) is 4.59. The Morgan fingerprint density at radius 2 is 2.47 bits per heavy atom. The molecule has 0 radical (unpaired) electrons. The lowest BCUT2D eigenvalue weighted by Gasteiger charge is -2.23. The Morgan fingerprint density at radius 1 is 1.63 bits per heavy atom. The first kappa shape index (κ1) is 16.7. The smallest absolute Gasteiger partial charge is 0.189 e. The standard InChI is InChI=1S/C13H22N4S.HI/c1-2-17-7-3-5-11(17)9-15-13(14)16-10-12-6-4-8-18-12;/h4,6,8,11H,2-3,5,7,9-10H2,1H3,(H3,14,15,16);1H. The molecular weight excluding hydrogens is 371 g/mol. The first-order chi connectivity index (χ1) is 8.79. The highest BCUT2D eigenvalue weighted by molar-refractivity contribution is 14.0. The van der Waals surface area contributed by atoms with E-state index in [4.69, 9.17) is 5.73 Å². The monoisotopic (exact) mass is 394 g/mol. The predicted octanol–water partition coefficient (Wildman–Crippen LogP) is 2.25. The van der Waals surface area contributed by atoms with Gasteiger partial charge in [0.1, 0.15) is 0 Å². The van der Waals surface area contributed by atoms with Crippen LogP contribution in [0.25, 0.3) is 0 Å². The summed E-state index contributed by atoms with van der Waals surface area (Å²) in [5.74, 6) is 0.561. The zero-order valence-electron chi connectivity index (χ0n) is 11.3. The maximum Gasteiger partial charge on any atom is 0.189 e. The largest absolute Gasteiger partial charge is 0.370 e. The fourth-order valence-corrected chi connectivity index (χ4v) is 3.01. The van der Waals surface area contributed by atoms with E-state index in [1.165, 1.54) is 24.3 Å². The van der Waals surface area contributed by atoms with Crippen LogP contribution in [0, 0.1) is 0 Å². The molecular formula is C13H23IN4S. The second kappa shape index (κ2) is 8.76. The molecule has 108 valence electrons. The zero-order valence-corrected chi connectivity index (χ0v) is 14.5. The van der Waals surface area contributed by atoms with Gasteiger partial charge >= 0.3 is 0 Å². The van der Waals surface area contributed by atoms with E-state index in [2.05, 4.69) is 33.6 Å². The van der Waals surface area contributed by atoms with Crippen LogP contribution in [-0.4, -0.2) is 36.5 Å². The maximum absolute atomic E-state index is 5.88. The highest BCUT2D eigenvalue weighted by Gasteiger charge is 2.22. The molecule has 0 bridgehead atoms. The van der Waals surface area contributed by atoms with E-state index in [-0.39, 0.29) is 24.0 Å². The summed E-state index contributed by atoms with van der Waals surface area (Å²) in [5, 5.41) is 5.30. The SMILES string of the molecule is CCN1CCCC1CNC(N)=NCc1cccs1.I. The molecule has 1 fully saturated rings. The number of hydrogen-bond acceptors (Lipinski definition) is 3. The van der Waals surface area contributed by atoms with Gasteiger partial charge in [-0.15, -0.1) is 35.3 Å². The fraction of sp³-hybridized carbons (Fsp3) is 0.615. The normalized spacial score (nSPS) is 20.3. The molecule has 0 amide bonds. The summed E-state index contributed by atoms with van der Waals surface area (Å²) < 4.78 is 0. The van der Waals surface area contributed by atoms with E-state index in [1.54, 1.807) is 11.3 Å². The van der Waals surface area contributed by atoms with Gasteiger partial charge < -0.3 is 11.1 Å². The zero-order chi connectivity index (χ0) is 12.8. The molecule has 0 saturated carbocycles. The molecule has 1 saturated heterocycles. The molecule has 1 atom stereocenters. The number of nitrogens with two attached hydrogens (primary N) is 1. The summed E-state index contributed by atoms with van der Waals surface area (Å²) >= 11 is 1.71. The number of guanidine groups is 1. The molecule has 2 heterocycles. The Labute approximate surface area is 136 Å². The van der Waals surface area contributed by atoms with E-state index < -0.39 is 0 Å². The van der Waals surface area contributed by atoms with Crippen LogP contribution in [0.3, 0.4) is 0 Å². The summed E-state index contributed by atoms with van der Waals surface area (Å²) in [6.07, 6.45) is 2.56. The van der Waals surface area contributed by atoms with Gasteiger partial charge in [0.05, 0.1) is 6.54 Å². The van der Waals surface area contributed by atoms with Crippen molar-refractivity contribution in [1.82, 2.24) is 10.2 Å². The van der Waals surface area contributed by atoms with Crippen molar-refractivity contribution in [2.75, 3.05) is 19.6 Å². The van der Waals surface area contributed by atoms with Gasteiger partial charge in [-0.1, -0.05) is 13.0 Å². The van der Waals surface area contributed by atoms with Gasteiger partial charge in [0.2, 0.25) is 0 Å². The lowest BCUT2D eigenvalue weighted by Crippen LogP contribution is -2.42. The third-order valence-electron chi connectivity index (χ3n) is 3.41. The Bertz CT molecular complexity index is 380. The van der Waals surface area contributed by atoms with Crippen LogP contribution >= 0.6 is 35.3 Å². The van der Waals surface area contributed by atoms with E-state index >= 15 is 0 Å². The number of likely N-dealkylation sites (N-methyl/N-ethyl adjacent to an activating group) is 1. The Balaban J connectivity index is 0.00000180. The van der Waals surface area contributed by atoms with Crippen LogP contribution in [0.2, 0.25) is 0 Å². The topological polar surface area (TPSA) is 53.6 Å². The van der Waals surface area contributed by atoms with Crippen molar-refractivity contribution in [3.8, 4) is 0 Å². The average Bonchev–Trinajstić information content (AvgIpc) is 3.04. The molecule has 19 heavy (non-hydrogen) atoms. The first-order valence-electron chi connectivity index (χ1n) is 6.60. The minimum atomic E-state index is 0. The minimum Gasteiger partial charge on any atom is -0.370 e. The van der Waals surface area contributed by atoms with Gasteiger partial charge in [0, 0.05) is 17.5 Å². The van der Waals surface area contributed by atoms with Gasteiger partial charge in [0.15, 0.2) is 5.96 Å². The summed E-state index contributed by atoms with van der Waals surface area (Å²) in [7, 11) is 0. The number of rotatable bonds is 5. The summed E-state index contributed by atoms with van der Waals surface area (Å²) in [6, 6.07) is 4.74. The molecule has 0 aliphatic carbocycles. The lowest BCUT2D eigenvalue weighted by molar-refractivity contribution is 0.267. The van der Waals surface area contributed by atoms with Crippen molar-refractivity contribution < 1.29 is 0 Å². The molecule has 3 N–H and O–H groups in total. The van der Waals surface area contributed by atoms with Crippen molar-refractivity contribution in [2.45, 2.75) is 32.4 Å². The van der Waals surface area contributed by atoms with Gasteiger partial charge in [-0.25, -0.2) is 4.99 Å². The molecule has 4 nitrogen and oxygen atoms in total. The molecule has 0 spiro atoms. The summed E-state index contributed by atoms with van der Waals surface area (Å²) in [5.41, 5.74) is 5.88. The maximum atomic E-state index is 5.88. The molecule has 1 aromatic heterocycles. The third-order valence-corrected chi connectivity index (χ3v) is 4.27. The van der Waals surface area contributed by atoms with Crippen molar-refractivity contribution in [2.24, 2.45) is 10.7 Å². The van der Waals surface area contributed by atoms with Crippen molar-refractivity contribution >= 4 is 41.3 Å². The van der Waals surface area contributed by atoms with Crippen LogP contribution in [0.4, 0.5) is 0 Å². The quantitative estimate of drug-likeness (QED) is 0.458. The Hall–Kier alpha value is -0.340. The van der Waals surface area contributed by atoms with Gasteiger partial charge in [-0.2, -0.15) is 0 Å². The minimum absolute atomic E-state index is 0. The van der Waals surface area contributed by atoms with E-state index in [0.717, 1.165) is 13.1 Å². The molecule has 1 aromatic rings. The molecule has 1 aliphatic heterocycles. The molecule has 1 unspecified atom stereocenters. The number of likely N-dealkylation sites (tertiary alicyclic amines) is 1. The van der Waals surface area contributed by atoms with E-state index in [1.807, 2.05) is 6.07 Å².